The molecule has 1 atom stereocenters. The number of nitrogens with zero attached hydrogens (tertiary/aromatic N) is 2. The van der Waals surface area contributed by atoms with Crippen molar-refractivity contribution in [3.63, 3.8) is 0 Å². The van der Waals surface area contributed by atoms with Crippen molar-refractivity contribution < 1.29 is 4.79 Å². The lowest BCUT2D eigenvalue weighted by atomic mass is 9.85. The highest BCUT2D eigenvalue weighted by molar-refractivity contribution is 5.76. The third kappa shape index (κ3) is 5.02. The van der Waals surface area contributed by atoms with Gasteiger partial charge in [-0.2, -0.15) is 0 Å². The second-order valence-corrected chi connectivity index (χ2v) is 7.69. The van der Waals surface area contributed by atoms with Crippen LogP contribution in [-0.4, -0.2) is 15.5 Å². The molecule has 0 aliphatic heterocycles. The van der Waals surface area contributed by atoms with Gasteiger partial charge in [0.15, 0.2) is 0 Å². The Hall–Kier alpha value is -2.43. The highest BCUT2D eigenvalue weighted by atomic mass is 16.2. The number of rotatable bonds is 5. The minimum absolute atomic E-state index is 0.0318. The van der Waals surface area contributed by atoms with Crippen LogP contribution in [0.3, 0.4) is 0 Å². The fourth-order valence-corrected chi connectivity index (χ4v) is 2.71. The van der Waals surface area contributed by atoms with Crippen LogP contribution in [0.4, 0.5) is 0 Å². The largest absolute Gasteiger partial charge is 0.347 e. The predicted molar refractivity (Wildman–Crippen MR) is 99.4 cm³/mol. The first kappa shape index (κ1) is 18.9. The minimum Gasteiger partial charge on any atom is -0.347 e. The molecule has 0 saturated heterocycles. The average molecular weight is 341 g/mol. The molecule has 0 aliphatic rings. The maximum Gasteiger partial charge on any atom is 0.347 e. The molecule has 0 unspecified atom stereocenters. The summed E-state index contributed by atoms with van der Waals surface area (Å²) in [6, 6.07) is 9.91. The van der Waals surface area contributed by atoms with E-state index in [0.717, 1.165) is 5.56 Å². The van der Waals surface area contributed by atoms with Crippen LogP contribution < -0.4 is 11.0 Å². The lowest BCUT2D eigenvalue weighted by Crippen LogP contribution is -2.36. The zero-order valence-electron chi connectivity index (χ0n) is 15.6. The Bertz CT molecular complexity index is 771. The van der Waals surface area contributed by atoms with Crippen LogP contribution in [0.2, 0.25) is 0 Å². The number of benzene rings is 1. The van der Waals surface area contributed by atoms with Crippen molar-refractivity contribution in [2.75, 3.05) is 0 Å². The van der Waals surface area contributed by atoms with Crippen molar-refractivity contribution in [1.29, 1.82) is 0 Å². The number of hydrogen-bond acceptors (Lipinski definition) is 3. The molecule has 1 heterocycles. The van der Waals surface area contributed by atoms with Gasteiger partial charge in [0.25, 0.3) is 0 Å². The van der Waals surface area contributed by atoms with Crippen LogP contribution in [0.15, 0.2) is 47.5 Å². The van der Waals surface area contributed by atoms with E-state index in [1.165, 1.54) is 16.3 Å². The van der Waals surface area contributed by atoms with Crippen molar-refractivity contribution >= 4 is 5.91 Å². The molecule has 25 heavy (non-hydrogen) atoms. The molecule has 1 aromatic heterocycles. The monoisotopic (exact) mass is 341 g/mol. The van der Waals surface area contributed by atoms with Crippen LogP contribution in [0, 0.1) is 5.92 Å². The molecular formula is C20H27N3O2. The number of nitrogens with one attached hydrogen (secondary N) is 1. The molecule has 1 aromatic carbocycles. The molecule has 0 saturated carbocycles. The molecule has 0 radical (unpaired) electrons. The molecule has 1 amide bonds. The van der Waals surface area contributed by atoms with Crippen LogP contribution in [0.5, 0.6) is 0 Å². The number of aromatic nitrogens is 2. The van der Waals surface area contributed by atoms with Gasteiger partial charge >= 0.3 is 5.69 Å². The molecule has 0 spiro atoms. The summed E-state index contributed by atoms with van der Waals surface area (Å²) in [4.78, 5) is 27.7. The molecule has 0 fully saturated rings. The summed E-state index contributed by atoms with van der Waals surface area (Å²) in [5.41, 5.74) is 1.99. The first-order valence-corrected chi connectivity index (χ1v) is 8.60. The SMILES string of the molecule is CC(C)[C@@H](NC(=O)Cn1cccnc1=O)c1ccc(C(C)(C)C)cc1. The summed E-state index contributed by atoms with van der Waals surface area (Å²) >= 11 is 0. The smallest absolute Gasteiger partial charge is 0.347 e. The zero-order chi connectivity index (χ0) is 18.6. The molecule has 2 aromatic rings. The molecule has 0 aliphatic carbocycles. The molecule has 5 nitrogen and oxygen atoms in total. The van der Waals surface area contributed by atoms with E-state index in [1.54, 1.807) is 12.3 Å². The van der Waals surface area contributed by atoms with Gasteiger partial charge in [-0.15, -0.1) is 0 Å². The van der Waals surface area contributed by atoms with Gasteiger partial charge in [-0.1, -0.05) is 58.9 Å². The normalized spacial score (nSPS) is 12.9. The molecular weight excluding hydrogens is 314 g/mol. The van der Waals surface area contributed by atoms with Crippen molar-refractivity contribution in [2.24, 2.45) is 5.92 Å². The second kappa shape index (κ2) is 7.64. The van der Waals surface area contributed by atoms with Crippen molar-refractivity contribution in [2.45, 2.75) is 52.6 Å². The lowest BCUT2D eigenvalue weighted by Gasteiger charge is -2.25. The van der Waals surface area contributed by atoms with Crippen molar-refractivity contribution in [3.05, 3.63) is 64.3 Å². The average Bonchev–Trinajstić information content (AvgIpc) is 2.54. The van der Waals surface area contributed by atoms with E-state index in [2.05, 4.69) is 69.2 Å². The minimum atomic E-state index is -0.423. The van der Waals surface area contributed by atoms with Crippen LogP contribution in [-0.2, 0) is 16.8 Å². The fraction of sp³-hybridized carbons (Fsp3) is 0.450. The van der Waals surface area contributed by atoms with Gasteiger partial charge in [0, 0.05) is 12.4 Å². The molecule has 5 heteroatoms. The van der Waals surface area contributed by atoms with E-state index in [4.69, 9.17) is 0 Å². The Morgan fingerprint density at radius 3 is 2.36 bits per heavy atom. The Labute approximate surface area is 149 Å². The van der Waals surface area contributed by atoms with E-state index in [9.17, 15) is 9.59 Å². The van der Waals surface area contributed by atoms with Gasteiger partial charge in [-0.3, -0.25) is 9.36 Å². The van der Waals surface area contributed by atoms with E-state index < -0.39 is 5.69 Å². The van der Waals surface area contributed by atoms with Crippen LogP contribution in [0.25, 0.3) is 0 Å². The van der Waals surface area contributed by atoms with E-state index >= 15 is 0 Å². The van der Waals surface area contributed by atoms with Gasteiger partial charge in [-0.05, 0) is 28.5 Å². The van der Waals surface area contributed by atoms with Gasteiger partial charge in [0.05, 0.1) is 6.04 Å². The van der Waals surface area contributed by atoms with Crippen LogP contribution >= 0.6 is 0 Å². The summed E-state index contributed by atoms with van der Waals surface area (Å²) in [7, 11) is 0. The van der Waals surface area contributed by atoms with Gasteiger partial charge in [0.2, 0.25) is 5.91 Å². The summed E-state index contributed by atoms with van der Waals surface area (Å²) in [5.74, 6) is 0.0313. The van der Waals surface area contributed by atoms with Crippen LogP contribution in [0.1, 0.15) is 51.8 Å². The summed E-state index contributed by atoms with van der Waals surface area (Å²) < 4.78 is 1.30. The third-order valence-corrected chi connectivity index (χ3v) is 4.22. The predicted octanol–water partition coefficient (Wildman–Crippen LogP) is 3.05. The first-order chi connectivity index (χ1) is 11.7. The maximum absolute atomic E-state index is 12.4. The Morgan fingerprint density at radius 2 is 1.84 bits per heavy atom. The van der Waals surface area contributed by atoms with Gasteiger partial charge < -0.3 is 5.32 Å². The summed E-state index contributed by atoms with van der Waals surface area (Å²) in [6.45, 7) is 10.6. The fourth-order valence-electron chi connectivity index (χ4n) is 2.71. The van der Waals surface area contributed by atoms with Crippen molar-refractivity contribution in [1.82, 2.24) is 14.9 Å². The number of carbonyl (C=O) groups excluding carboxylic acids is 1. The standard InChI is InChI=1S/C20H27N3O2/c1-14(2)18(15-7-9-16(10-8-15)20(3,4)5)22-17(24)13-23-12-6-11-21-19(23)25/h6-12,14,18H,13H2,1-5H3,(H,22,24)/t18-/m1/s1. The second-order valence-electron chi connectivity index (χ2n) is 7.69. The Morgan fingerprint density at radius 1 is 1.20 bits per heavy atom. The number of hydrogen-bond donors (Lipinski definition) is 1. The molecule has 2 rings (SSSR count). The number of amides is 1. The third-order valence-electron chi connectivity index (χ3n) is 4.22. The molecule has 1 N–H and O–H groups in total. The Balaban J connectivity index is 2.14. The number of carbonyl (C=O) groups is 1. The summed E-state index contributed by atoms with van der Waals surface area (Å²) in [5, 5.41) is 3.04. The highest BCUT2D eigenvalue weighted by Gasteiger charge is 2.20. The quantitative estimate of drug-likeness (QED) is 0.909. The zero-order valence-corrected chi connectivity index (χ0v) is 15.6. The van der Waals surface area contributed by atoms with E-state index in [-0.39, 0.29) is 29.8 Å². The van der Waals surface area contributed by atoms with Gasteiger partial charge in [0.1, 0.15) is 6.54 Å². The topological polar surface area (TPSA) is 64.0 Å². The van der Waals surface area contributed by atoms with E-state index in [1.807, 2.05) is 0 Å². The Kier molecular flexibility index (Phi) is 5.77. The first-order valence-electron chi connectivity index (χ1n) is 8.60. The lowest BCUT2D eigenvalue weighted by molar-refractivity contribution is -0.122. The van der Waals surface area contributed by atoms with Gasteiger partial charge in [-0.25, -0.2) is 9.78 Å². The summed E-state index contributed by atoms with van der Waals surface area (Å²) in [6.07, 6.45) is 2.99. The van der Waals surface area contributed by atoms with Crippen molar-refractivity contribution in [3.8, 4) is 0 Å². The highest BCUT2D eigenvalue weighted by Crippen LogP contribution is 2.26. The maximum atomic E-state index is 12.4. The molecule has 134 valence electrons. The molecule has 0 bridgehead atoms. The van der Waals surface area contributed by atoms with E-state index in [0.29, 0.717) is 0 Å².